The monoisotopic (exact) mass is 271 g/mol. The third kappa shape index (κ3) is 2.08. The van der Waals surface area contributed by atoms with Crippen LogP contribution < -0.4 is 0 Å². The van der Waals surface area contributed by atoms with E-state index in [-0.39, 0.29) is 18.1 Å². The number of carboxylic acid groups (broad SMARTS) is 1. The number of alkyl halides is 1. The summed E-state index contributed by atoms with van der Waals surface area (Å²) in [6, 6.07) is 0. The molecule has 1 unspecified atom stereocenters. The van der Waals surface area contributed by atoms with Crippen LogP contribution in [-0.4, -0.2) is 43.6 Å². The molecule has 0 saturated heterocycles. The predicted molar refractivity (Wildman–Crippen MR) is 64.6 cm³/mol. The Bertz CT molecular complexity index is 510. The standard InChI is InChI=1S/C11H14ClN3O3/c1-6(12)10(16)15-4-3-8-7(5-15)9(11(17)18)14(2)13-8/h6H,3-5H2,1-2H3,(H,17,18). The molecule has 0 saturated carbocycles. The Morgan fingerprint density at radius 3 is 2.72 bits per heavy atom. The minimum absolute atomic E-state index is 0.143. The molecule has 98 valence electrons. The molecule has 0 spiro atoms. The number of aryl methyl sites for hydroxylation is 1. The highest BCUT2D eigenvalue weighted by Gasteiger charge is 2.30. The maximum atomic E-state index is 11.8. The number of aromatic carboxylic acids is 1. The van der Waals surface area contributed by atoms with Crippen molar-refractivity contribution in [3.05, 3.63) is 17.0 Å². The number of halogens is 1. The number of amides is 1. The second kappa shape index (κ2) is 4.61. The highest BCUT2D eigenvalue weighted by Crippen LogP contribution is 2.22. The summed E-state index contributed by atoms with van der Waals surface area (Å²) in [5.74, 6) is -1.21. The zero-order valence-electron chi connectivity index (χ0n) is 10.2. The Kier molecular flexibility index (Phi) is 3.30. The van der Waals surface area contributed by atoms with Crippen LogP contribution >= 0.6 is 11.6 Å². The molecule has 18 heavy (non-hydrogen) atoms. The van der Waals surface area contributed by atoms with E-state index in [0.717, 1.165) is 5.69 Å². The molecule has 6 nitrogen and oxygen atoms in total. The molecule has 2 heterocycles. The van der Waals surface area contributed by atoms with Crippen LogP contribution in [0.15, 0.2) is 0 Å². The highest BCUT2D eigenvalue weighted by atomic mass is 35.5. The van der Waals surface area contributed by atoms with Crippen LogP contribution in [0.2, 0.25) is 0 Å². The lowest BCUT2D eigenvalue weighted by Crippen LogP contribution is -2.39. The molecule has 1 aromatic heterocycles. The number of hydrogen-bond acceptors (Lipinski definition) is 3. The van der Waals surface area contributed by atoms with Gasteiger partial charge in [-0.2, -0.15) is 5.10 Å². The Labute approximate surface area is 109 Å². The number of nitrogens with zero attached hydrogens (tertiary/aromatic N) is 3. The van der Waals surface area contributed by atoms with Crippen molar-refractivity contribution in [2.24, 2.45) is 7.05 Å². The molecule has 1 N–H and O–H groups in total. The zero-order chi connectivity index (χ0) is 13.4. The molecule has 1 amide bonds. The molecular formula is C11H14ClN3O3. The van der Waals surface area contributed by atoms with Crippen LogP contribution in [0.4, 0.5) is 0 Å². The molecule has 7 heteroatoms. The Morgan fingerprint density at radius 1 is 1.50 bits per heavy atom. The van der Waals surface area contributed by atoms with Gasteiger partial charge in [0.1, 0.15) is 5.38 Å². The number of carboxylic acids is 1. The van der Waals surface area contributed by atoms with E-state index >= 15 is 0 Å². The second-order valence-electron chi connectivity index (χ2n) is 4.33. The summed E-state index contributed by atoms with van der Waals surface area (Å²) in [5, 5.41) is 12.7. The van der Waals surface area contributed by atoms with Gasteiger partial charge in [-0.15, -0.1) is 11.6 Å². The molecule has 1 aromatic rings. The number of carbonyl (C=O) groups excluding carboxylic acids is 1. The molecule has 1 aliphatic rings. The molecule has 1 aliphatic heterocycles. The van der Waals surface area contributed by atoms with E-state index in [2.05, 4.69) is 5.10 Å². The molecule has 0 radical (unpaired) electrons. The summed E-state index contributed by atoms with van der Waals surface area (Å²) in [6.07, 6.45) is 0.561. The summed E-state index contributed by atoms with van der Waals surface area (Å²) < 4.78 is 1.35. The number of rotatable bonds is 2. The van der Waals surface area contributed by atoms with E-state index in [1.54, 1.807) is 18.9 Å². The van der Waals surface area contributed by atoms with E-state index < -0.39 is 11.3 Å². The van der Waals surface area contributed by atoms with Crippen molar-refractivity contribution in [3.8, 4) is 0 Å². The summed E-state index contributed by atoms with van der Waals surface area (Å²) in [5.41, 5.74) is 1.51. The quantitative estimate of drug-likeness (QED) is 0.801. The lowest BCUT2D eigenvalue weighted by atomic mass is 10.0. The Balaban J connectivity index is 2.33. The van der Waals surface area contributed by atoms with Gasteiger partial charge in [0.15, 0.2) is 5.69 Å². The van der Waals surface area contributed by atoms with Crippen LogP contribution in [0.3, 0.4) is 0 Å². The fraction of sp³-hybridized carbons (Fsp3) is 0.545. The van der Waals surface area contributed by atoms with Crippen molar-refractivity contribution in [2.45, 2.75) is 25.3 Å². The van der Waals surface area contributed by atoms with Gasteiger partial charge < -0.3 is 10.0 Å². The minimum Gasteiger partial charge on any atom is -0.477 e. The molecule has 2 rings (SSSR count). The maximum Gasteiger partial charge on any atom is 0.354 e. The van der Waals surface area contributed by atoms with Gasteiger partial charge >= 0.3 is 5.97 Å². The molecule has 0 aliphatic carbocycles. The third-order valence-corrected chi connectivity index (χ3v) is 3.24. The van der Waals surface area contributed by atoms with Crippen molar-refractivity contribution in [1.29, 1.82) is 0 Å². The van der Waals surface area contributed by atoms with Gasteiger partial charge in [0.2, 0.25) is 5.91 Å². The Hall–Kier alpha value is -1.56. The van der Waals surface area contributed by atoms with Crippen LogP contribution in [-0.2, 0) is 24.8 Å². The van der Waals surface area contributed by atoms with Crippen molar-refractivity contribution in [3.63, 3.8) is 0 Å². The number of carbonyl (C=O) groups is 2. The smallest absolute Gasteiger partial charge is 0.354 e. The Morgan fingerprint density at radius 2 is 2.17 bits per heavy atom. The average Bonchev–Trinajstić information content (AvgIpc) is 2.62. The third-order valence-electron chi connectivity index (χ3n) is 3.05. The predicted octanol–water partition coefficient (Wildman–Crippen LogP) is 0.630. The lowest BCUT2D eigenvalue weighted by molar-refractivity contribution is -0.131. The van der Waals surface area contributed by atoms with E-state index in [4.69, 9.17) is 16.7 Å². The normalized spacial score (nSPS) is 16.3. The van der Waals surface area contributed by atoms with Crippen LogP contribution in [0.25, 0.3) is 0 Å². The summed E-state index contributed by atoms with van der Waals surface area (Å²) in [4.78, 5) is 24.6. The molecule has 0 bridgehead atoms. The first-order chi connectivity index (χ1) is 8.41. The summed E-state index contributed by atoms with van der Waals surface area (Å²) in [7, 11) is 1.60. The molecule has 1 atom stereocenters. The molecular weight excluding hydrogens is 258 g/mol. The van der Waals surface area contributed by atoms with E-state index in [1.807, 2.05) is 0 Å². The van der Waals surface area contributed by atoms with E-state index in [0.29, 0.717) is 18.5 Å². The fourth-order valence-electron chi connectivity index (χ4n) is 2.21. The van der Waals surface area contributed by atoms with Gasteiger partial charge in [-0.05, 0) is 6.92 Å². The summed E-state index contributed by atoms with van der Waals surface area (Å²) >= 11 is 5.77. The van der Waals surface area contributed by atoms with Crippen molar-refractivity contribution < 1.29 is 14.7 Å². The topological polar surface area (TPSA) is 75.4 Å². The van der Waals surface area contributed by atoms with Gasteiger partial charge in [0.25, 0.3) is 0 Å². The number of fused-ring (bicyclic) bond motifs is 1. The average molecular weight is 272 g/mol. The van der Waals surface area contributed by atoms with Gasteiger partial charge in [-0.25, -0.2) is 4.79 Å². The lowest BCUT2D eigenvalue weighted by Gasteiger charge is -2.27. The van der Waals surface area contributed by atoms with Crippen LogP contribution in [0.1, 0.15) is 28.7 Å². The van der Waals surface area contributed by atoms with E-state index in [1.165, 1.54) is 4.68 Å². The first kappa shape index (κ1) is 12.9. The van der Waals surface area contributed by atoms with E-state index in [9.17, 15) is 9.59 Å². The largest absolute Gasteiger partial charge is 0.477 e. The number of hydrogen-bond donors (Lipinski definition) is 1. The molecule has 0 fully saturated rings. The van der Waals surface area contributed by atoms with Crippen LogP contribution in [0, 0.1) is 0 Å². The highest BCUT2D eigenvalue weighted by molar-refractivity contribution is 6.30. The van der Waals surface area contributed by atoms with Crippen molar-refractivity contribution in [2.75, 3.05) is 6.54 Å². The number of aromatic nitrogens is 2. The summed E-state index contributed by atoms with van der Waals surface area (Å²) in [6.45, 7) is 2.40. The van der Waals surface area contributed by atoms with Gasteiger partial charge in [-0.3, -0.25) is 9.48 Å². The van der Waals surface area contributed by atoms with Crippen LogP contribution in [0.5, 0.6) is 0 Å². The van der Waals surface area contributed by atoms with Gasteiger partial charge in [0.05, 0.1) is 5.69 Å². The first-order valence-electron chi connectivity index (χ1n) is 5.62. The SMILES string of the molecule is CC(Cl)C(=O)N1CCc2nn(C)c(C(=O)O)c2C1. The zero-order valence-corrected chi connectivity index (χ0v) is 10.9. The molecule has 0 aromatic carbocycles. The first-order valence-corrected chi connectivity index (χ1v) is 6.06. The fourth-order valence-corrected chi connectivity index (χ4v) is 2.35. The second-order valence-corrected chi connectivity index (χ2v) is 4.98. The van der Waals surface area contributed by atoms with Gasteiger partial charge in [-0.1, -0.05) is 0 Å². The van der Waals surface area contributed by atoms with Gasteiger partial charge in [0, 0.05) is 32.1 Å². The van der Waals surface area contributed by atoms with Crippen molar-refractivity contribution >= 4 is 23.5 Å². The van der Waals surface area contributed by atoms with Crippen molar-refractivity contribution in [1.82, 2.24) is 14.7 Å². The minimum atomic E-state index is -1.03. The maximum absolute atomic E-state index is 11.8.